The summed E-state index contributed by atoms with van der Waals surface area (Å²) in [5.74, 6) is 3.50. The molecule has 0 aliphatic rings. The summed E-state index contributed by atoms with van der Waals surface area (Å²) in [5, 5.41) is 5.80. The summed E-state index contributed by atoms with van der Waals surface area (Å²) in [7, 11) is 0. The smallest absolute Gasteiger partial charge is 0.255 e. The minimum Gasteiger partial charge on any atom is -0.494 e. The van der Waals surface area contributed by atoms with Crippen LogP contribution in [0.1, 0.15) is 61.3 Å². The van der Waals surface area contributed by atoms with E-state index in [9.17, 15) is 9.59 Å². The standard InChI is InChI=1S/C36H40N2O5/c1-25(2)21-23-41-31-13-5-27(6-14-31)35(39)37-29-9-17-33(18-10-29)43-34-19-11-30(12-20-34)38-36(40)28-7-15-32(16-8-28)42-24-22-26(3)4/h5-20,25-26H,21-24H2,1-4H3,(H,37,39)(H,38,40). The van der Waals surface area contributed by atoms with Crippen LogP contribution in [-0.2, 0) is 0 Å². The third-order valence-corrected chi connectivity index (χ3v) is 6.62. The Morgan fingerprint density at radius 1 is 0.512 bits per heavy atom. The summed E-state index contributed by atoms with van der Waals surface area (Å²) in [5.41, 5.74) is 2.41. The van der Waals surface area contributed by atoms with Crippen molar-refractivity contribution < 1.29 is 23.8 Å². The van der Waals surface area contributed by atoms with Crippen molar-refractivity contribution in [1.29, 1.82) is 0 Å². The second kappa shape index (κ2) is 15.4. The van der Waals surface area contributed by atoms with Gasteiger partial charge in [-0.1, -0.05) is 27.7 Å². The molecule has 0 fully saturated rings. The van der Waals surface area contributed by atoms with E-state index in [-0.39, 0.29) is 11.8 Å². The van der Waals surface area contributed by atoms with Crippen molar-refractivity contribution in [3.05, 3.63) is 108 Å². The topological polar surface area (TPSA) is 85.9 Å². The molecule has 0 aliphatic heterocycles. The molecule has 0 aromatic heterocycles. The van der Waals surface area contributed by atoms with E-state index >= 15 is 0 Å². The van der Waals surface area contributed by atoms with Crippen LogP contribution in [0.4, 0.5) is 11.4 Å². The fourth-order valence-electron chi connectivity index (χ4n) is 3.99. The van der Waals surface area contributed by atoms with Crippen LogP contribution in [-0.4, -0.2) is 25.0 Å². The molecule has 0 atom stereocenters. The van der Waals surface area contributed by atoms with Crippen LogP contribution in [0.15, 0.2) is 97.1 Å². The first-order chi connectivity index (χ1) is 20.7. The Morgan fingerprint density at radius 3 is 1.16 bits per heavy atom. The van der Waals surface area contributed by atoms with Gasteiger partial charge < -0.3 is 24.8 Å². The molecule has 2 amide bonds. The molecule has 0 unspecified atom stereocenters. The van der Waals surface area contributed by atoms with Gasteiger partial charge >= 0.3 is 0 Å². The number of amides is 2. The lowest BCUT2D eigenvalue weighted by molar-refractivity contribution is 0.101. The molecule has 4 aromatic carbocycles. The van der Waals surface area contributed by atoms with Crippen molar-refractivity contribution in [2.75, 3.05) is 23.8 Å². The zero-order chi connectivity index (χ0) is 30.6. The number of carbonyl (C=O) groups is 2. The first kappa shape index (κ1) is 31.2. The third kappa shape index (κ3) is 10.2. The van der Waals surface area contributed by atoms with Gasteiger partial charge in [-0.2, -0.15) is 0 Å². The van der Waals surface area contributed by atoms with Gasteiger partial charge in [0.05, 0.1) is 13.2 Å². The molecule has 2 N–H and O–H groups in total. The highest BCUT2D eigenvalue weighted by Gasteiger charge is 2.09. The van der Waals surface area contributed by atoms with Crippen molar-refractivity contribution in [2.24, 2.45) is 11.8 Å². The highest BCUT2D eigenvalue weighted by molar-refractivity contribution is 6.05. The van der Waals surface area contributed by atoms with Gasteiger partial charge in [-0.25, -0.2) is 0 Å². The number of nitrogens with one attached hydrogen (secondary N) is 2. The maximum Gasteiger partial charge on any atom is 0.255 e. The molecule has 7 heteroatoms. The first-order valence-corrected chi connectivity index (χ1v) is 14.7. The Hall–Kier alpha value is -4.78. The molecule has 43 heavy (non-hydrogen) atoms. The monoisotopic (exact) mass is 580 g/mol. The number of benzene rings is 4. The lowest BCUT2D eigenvalue weighted by Gasteiger charge is -2.11. The molecule has 4 rings (SSSR count). The minimum absolute atomic E-state index is 0.203. The van der Waals surface area contributed by atoms with Crippen LogP contribution in [0.2, 0.25) is 0 Å². The SMILES string of the molecule is CC(C)CCOc1ccc(C(=O)Nc2ccc(Oc3ccc(NC(=O)c4ccc(OCCC(C)C)cc4)cc3)cc2)cc1. The summed E-state index contributed by atoms with van der Waals surface area (Å²) in [6.07, 6.45) is 1.97. The van der Waals surface area contributed by atoms with Gasteiger partial charge in [0.15, 0.2) is 0 Å². The van der Waals surface area contributed by atoms with E-state index in [1.807, 2.05) is 24.3 Å². The lowest BCUT2D eigenvalue weighted by atomic mass is 10.1. The van der Waals surface area contributed by atoms with Crippen LogP contribution in [0.3, 0.4) is 0 Å². The van der Waals surface area contributed by atoms with Gasteiger partial charge in [-0.15, -0.1) is 0 Å². The summed E-state index contributed by atoms with van der Waals surface area (Å²) in [6, 6.07) is 28.5. The zero-order valence-electron chi connectivity index (χ0n) is 25.3. The second-order valence-electron chi connectivity index (χ2n) is 11.2. The Bertz CT molecular complexity index is 1330. The molecule has 0 radical (unpaired) electrons. The third-order valence-electron chi connectivity index (χ3n) is 6.62. The average molecular weight is 581 g/mol. The van der Waals surface area contributed by atoms with Crippen LogP contribution < -0.4 is 24.8 Å². The van der Waals surface area contributed by atoms with Crippen LogP contribution >= 0.6 is 0 Å². The van der Waals surface area contributed by atoms with Gasteiger partial charge in [0, 0.05) is 22.5 Å². The summed E-state index contributed by atoms with van der Waals surface area (Å²) in [6.45, 7) is 9.93. The lowest BCUT2D eigenvalue weighted by Crippen LogP contribution is -2.11. The van der Waals surface area contributed by atoms with Gasteiger partial charge in [0.1, 0.15) is 23.0 Å². The van der Waals surface area contributed by atoms with Crippen molar-refractivity contribution >= 4 is 23.2 Å². The largest absolute Gasteiger partial charge is 0.494 e. The summed E-state index contributed by atoms with van der Waals surface area (Å²) >= 11 is 0. The van der Waals surface area contributed by atoms with Crippen LogP contribution in [0.25, 0.3) is 0 Å². The van der Waals surface area contributed by atoms with Gasteiger partial charge in [0.25, 0.3) is 11.8 Å². The number of rotatable bonds is 14. The van der Waals surface area contributed by atoms with E-state index in [0.29, 0.717) is 59.1 Å². The molecular weight excluding hydrogens is 540 g/mol. The molecular formula is C36H40N2O5. The Kier molecular flexibility index (Phi) is 11.2. The zero-order valence-corrected chi connectivity index (χ0v) is 25.3. The summed E-state index contributed by atoms with van der Waals surface area (Å²) < 4.78 is 17.4. The molecule has 0 saturated heterocycles. The minimum atomic E-state index is -0.203. The van der Waals surface area contributed by atoms with E-state index in [0.717, 1.165) is 24.3 Å². The van der Waals surface area contributed by atoms with Crippen molar-refractivity contribution in [3.8, 4) is 23.0 Å². The molecule has 224 valence electrons. The number of anilines is 2. The normalized spacial score (nSPS) is 10.8. The predicted molar refractivity (Wildman–Crippen MR) is 172 cm³/mol. The van der Waals surface area contributed by atoms with Crippen molar-refractivity contribution in [1.82, 2.24) is 0 Å². The van der Waals surface area contributed by atoms with Crippen LogP contribution in [0, 0.1) is 11.8 Å². The van der Waals surface area contributed by atoms with Crippen molar-refractivity contribution in [3.63, 3.8) is 0 Å². The molecule has 0 bridgehead atoms. The highest BCUT2D eigenvalue weighted by Crippen LogP contribution is 2.25. The van der Waals surface area contributed by atoms with E-state index in [1.165, 1.54) is 0 Å². The number of hydrogen-bond acceptors (Lipinski definition) is 5. The Morgan fingerprint density at radius 2 is 0.837 bits per heavy atom. The van der Waals surface area contributed by atoms with E-state index < -0.39 is 0 Å². The van der Waals surface area contributed by atoms with Gasteiger partial charge in [0.2, 0.25) is 0 Å². The number of carbonyl (C=O) groups excluding carboxylic acids is 2. The maximum atomic E-state index is 12.7. The molecule has 0 saturated carbocycles. The average Bonchev–Trinajstić information content (AvgIpc) is 2.99. The fraction of sp³-hybridized carbons (Fsp3) is 0.278. The molecule has 0 heterocycles. The quantitative estimate of drug-likeness (QED) is 0.156. The molecule has 4 aromatic rings. The summed E-state index contributed by atoms with van der Waals surface area (Å²) in [4.78, 5) is 25.3. The number of hydrogen-bond donors (Lipinski definition) is 2. The Balaban J connectivity index is 1.24. The number of ether oxygens (including phenoxy) is 3. The Labute approximate surface area is 254 Å². The van der Waals surface area contributed by atoms with E-state index in [1.54, 1.807) is 72.8 Å². The highest BCUT2D eigenvalue weighted by atomic mass is 16.5. The van der Waals surface area contributed by atoms with Gasteiger partial charge in [-0.05, 0) is 122 Å². The second-order valence-corrected chi connectivity index (χ2v) is 11.2. The van der Waals surface area contributed by atoms with Gasteiger partial charge in [-0.3, -0.25) is 9.59 Å². The maximum absolute atomic E-state index is 12.7. The van der Waals surface area contributed by atoms with E-state index in [4.69, 9.17) is 14.2 Å². The van der Waals surface area contributed by atoms with Crippen LogP contribution in [0.5, 0.6) is 23.0 Å². The first-order valence-electron chi connectivity index (χ1n) is 14.7. The van der Waals surface area contributed by atoms with Crippen molar-refractivity contribution in [2.45, 2.75) is 40.5 Å². The predicted octanol–water partition coefficient (Wildman–Crippen LogP) is 8.83. The molecule has 7 nitrogen and oxygen atoms in total. The van der Waals surface area contributed by atoms with E-state index in [2.05, 4.69) is 38.3 Å². The fourth-order valence-corrected chi connectivity index (χ4v) is 3.99. The molecule has 0 spiro atoms. The molecule has 0 aliphatic carbocycles.